The number of thioether (sulfide) groups is 1. The Kier molecular flexibility index (Phi) is 4.48. The summed E-state index contributed by atoms with van der Waals surface area (Å²) < 4.78 is 0. The summed E-state index contributed by atoms with van der Waals surface area (Å²) in [6, 6.07) is 0. The summed E-state index contributed by atoms with van der Waals surface area (Å²) >= 11 is 1.40. The molecule has 0 aliphatic heterocycles. The third-order valence-corrected chi connectivity index (χ3v) is 3.35. The first kappa shape index (κ1) is 12.7. The third-order valence-electron chi connectivity index (χ3n) is 2.10. The third kappa shape index (κ3) is 2.82. The average molecular weight is 242 g/mol. The Morgan fingerprint density at radius 2 is 2.31 bits per heavy atom. The molecule has 0 amide bonds. The van der Waals surface area contributed by atoms with Crippen LogP contribution < -0.4 is 5.32 Å². The lowest BCUT2D eigenvalue weighted by Crippen LogP contribution is -2.04. The first-order valence-electron chi connectivity index (χ1n) is 4.93. The van der Waals surface area contributed by atoms with Gasteiger partial charge >= 0.3 is 5.69 Å². The molecule has 1 unspecified atom stereocenters. The van der Waals surface area contributed by atoms with E-state index in [2.05, 4.69) is 15.3 Å². The molecule has 0 bridgehead atoms. The van der Waals surface area contributed by atoms with Crippen molar-refractivity contribution in [2.75, 3.05) is 12.4 Å². The summed E-state index contributed by atoms with van der Waals surface area (Å²) in [7, 11) is 1.60. The van der Waals surface area contributed by atoms with Gasteiger partial charge < -0.3 is 5.32 Å². The van der Waals surface area contributed by atoms with Gasteiger partial charge in [-0.05, 0) is 6.42 Å². The van der Waals surface area contributed by atoms with Crippen molar-refractivity contribution in [3.63, 3.8) is 0 Å². The van der Waals surface area contributed by atoms with Crippen LogP contribution in [0, 0.1) is 10.1 Å². The van der Waals surface area contributed by atoms with E-state index in [1.807, 2.05) is 13.8 Å². The lowest BCUT2D eigenvalue weighted by molar-refractivity contribution is -0.387. The van der Waals surface area contributed by atoms with Crippen LogP contribution in [0.15, 0.2) is 11.4 Å². The van der Waals surface area contributed by atoms with E-state index in [4.69, 9.17) is 0 Å². The SMILES string of the molecule is CCC(C)Sc1ncnc(NC)c1[N+](=O)[O-]. The Hall–Kier alpha value is -1.37. The molecule has 0 radical (unpaired) electrons. The fourth-order valence-corrected chi connectivity index (χ4v) is 2.01. The van der Waals surface area contributed by atoms with Crippen molar-refractivity contribution in [3.8, 4) is 0 Å². The molecule has 0 aliphatic carbocycles. The lowest BCUT2D eigenvalue weighted by atomic mass is 10.4. The number of nitrogens with one attached hydrogen (secondary N) is 1. The van der Waals surface area contributed by atoms with Gasteiger partial charge in [-0.1, -0.05) is 25.6 Å². The van der Waals surface area contributed by atoms with E-state index in [9.17, 15) is 10.1 Å². The van der Waals surface area contributed by atoms with Crippen molar-refractivity contribution in [1.82, 2.24) is 9.97 Å². The Labute approximate surface area is 98.0 Å². The molecule has 0 aromatic carbocycles. The van der Waals surface area contributed by atoms with Crippen molar-refractivity contribution in [3.05, 3.63) is 16.4 Å². The van der Waals surface area contributed by atoms with Crippen LogP contribution in [0.5, 0.6) is 0 Å². The van der Waals surface area contributed by atoms with Crippen LogP contribution in [-0.2, 0) is 0 Å². The van der Waals surface area contributed by atoms with E-state index in [0.29, 0.717) is 10.3 Å². The molecule has 0 aliphatic rings. The number of aromatic nitrogens is 2. The second kappa shape index (κ2) is 5.64. The smallest absolute Gasteiger partial charge is 0.343 e. The lowest BCUT2D eigenvalue weighted by Gasteiger charge is -2.08. The molecule has 1 aromatic heterocycles. The molecule has 6 nitrogen and oxygen atoms in total. The second-order valence-corrected chi connectivity index (χ2v) is 4.65. The number of anilines is 1. The van der Waals surface area contributed by atoms with Crippen molar-refractivity contribution < 1.29 is 4.92 Å². The van der Waals surface area contributed by atoms with Gasteiger partial charge in [0.05, 0.1) is 4.92 Å². The minimum absolute atomic E-state index is 0.0460. The van der Waals surface area contributed by atoms with Gasteiger partial charge in [-0.2, -0.15) is 0 Å². The molecule has 16 heavy (non-hydrogen) atoms. The minimum atomic E-state index is -0.448. The van der Waals surface area contributed by atoms with Gasteiger partial charge in [-0.15, -0.1) is 0 Å². The minimum Gasteiger partial charge on any atom is -0.367 e. The summed E-state index contributed by atoms with van der Waals surface area (Å²) in [4.78, 5) is 18.3. The largest absolute Gasteiger partial charge is 0.367 e. The van der Waals surface area contributed by atoms with Crippen LogP contribution in [0.4, 0.5) is 11.5 Å². The van der Waals surface area contributed by atoms with Gasteiger partial charge in [0.15, 0.2) is 5.03 Å². The zero-order valence-electron chi connectivity index (χ0n) is 9.43. The quantitative estimate of drug-likeness (QED) is 0.369. The van der Waals surface area contributed by atoms with Crippen molar-refractivity contribution in [2.24, 2.45) is 0 Å². The molecule has 1 N–H and O–H groups in total. The standard InChI is InChI=1S/C9H14N4O2S/c1-4-6(2)16-9-7(13(14)15)8(10-3)11-5-12-9/h5-6H,4H2,1-3H3,(H,10,11,12). The number of hydrogen-bond donors (Lipinski definition) is 1. The molecule has 0 saturated heterocycles. The summed E-state index contributed by atoms with van der Waals surface area (Å²) in [6.07, 6.45) is 2.27. The highest BCUT2D eigenvalue weighted by Gasteiger charge is 2.23. The molecule has 1 atom stereocenters. The maximum atomic E-state index is 10.9. The van der Waals surface area contributed by atoms with Crippen LogP contribution in [0.2, 0.25) is 0 Å². The fourth-order valence-electron chi connectivity index (χ4n) is 1.07. The average Bonchev–Trinajstić information content (AvgIpc) is 2.28. The first-order valence-corrected chi connectivity index (χ1v) is 5.81. The van der Waals surface area contributed by atoms with Gasteiger partial charge in [0.1, 0.15) is 6.33 Å². The number of nitrogens with zero attached hydrogens (tertiary/aromatic N) is 3. The maximum absolute atomic E-state index is 10.9. The van der Waals surface area contributed by atoms with Gasteiger partial charge in [-0.25, -0.2) is 9.97 Å². The van der Waals surface area contributed by atoms with Crippen LogP contribution in [0.1, 0.15) is 20.3 Å². The predicted octanol–water partition coefficient (Wildman–Crippen LogP) is 2.32. The van der Waals surface area contributed by atoms with Crippen molar-refractivity contribution in [2.45, 2.75) is 30.5 Å². The molecule has 0 fully saturated rings. The van der Waals surface area contributed by atoms with Crippen molar-refractivity contribution in [1.29, 1.82) is 0 Å². The molecule has 0 spiro atoms. The molecule has 1 aromatic rings. The Morgan fingerprint density at radius 1 is 1.62 bits per heavy atom. The zero-order chi connectivity index (χ0) is 12.1. The second-order valence-electron chi connectivity index (χ2n) is 3.22. The van der Waals surface area contributed by atoms with E-state index >= 15 is 0 Å². The van der Waals surface area contributed by atoms with E-state index in [1.54, 1.807) is 7.05 Å². The normalized spacial score (nSPS) is 12.2. The number of hydrogen-bond acceptors (Lipinski definition) is 6. The summed E-state index contributed by atoms with van der Waals surface area (Å²) in [5, 5.41) is 14.4. The Morgan fingerprint density at radius 3 is 2.81 bits per heavy atom. The van der Waals surface area contributed by atoms with Gasteiger partial charge in [-0.3, -0.25) is 10.1 Å². The van der Waals surface area contributed by atoms with E-state index in [-0.39, 0.29) is 11.5 Å². The van der Waals surface area contributed by atoms with Crippen molar-refractivity contribution >= 4 is 23.3 Å². The zero-order valence-corrected chi connectivity index (χ0v) is 10.2. The molecular formula is C9H14N4O2S. The van der Waals surface area contributed by atoms with E-state index in [0.717, 1.165) is 6.42 Å². The molecule has 88 valence electrons. The van der Waals surface area contributed by atoms with Crippen LogP contribution in [0.3, 0.4) is 0 Å². The topological polar surface area (TPSA) is 81.0 Å². The van der Waals surface area contributed by atoms with Gasteiger partial charge in [0, 0.05) is 12.3 Å². The van der Waals surface area contributed by atoms with Crippen LogP contribution >= 0.6 is 11.8 Å². The van der Waals surface area contributed by atoms with E-state index < -0.39 is 4.92 Å². The number of nitro groups is 1. The Bertz CT molecular complexity index is 386. The van der Waals surface area contributed by atoms with Crippen LogP contribution in [0.25, 0.3) is 0 Å². The molecule has 1 rings (SSSR count). The van der Waals surface area contributed by atoms with E-state index in [1.165, 1.54) is 18.1 Å². The summed E-state index contributed by atoms with van der Waals surface area (Å²) in [5.41, 5.74) is -0.0460. The maximum Gasteiger partial charge on any atom is 0.343 e. The monoisotopic (exact) mass is 242 g/mol. The molecular weight excluding hydrogens is 228 g/mol. The molecule has 1 heterocycles. The van der Waals surface area contributed by atoms with Crippen LogP contribution in [-0.4, -0.2) is 27.2 Å². The first-order chi connectivity index (χ1) is 7.60. The highest BCUT2D eigenvalue weighted by atomic mass is 32.2. The highest BCUT2D eigenvalue weighted by molar-refractivity contribution is 8.00. The Balaban J connectivity index is 3.12. The predicted molar refractivity (Wildman–Crippen MR) is 63.8 cm³/mol. The fraction of sp³-hybridized carbons (Fsp3) is 0.556. The number of rotatable bonds is 5. The summed E-state index contributed by atoms with van der Waals surface area (Å²) in [6.45, 7) is 4.04. The van der Waals surface area contributed by atoms with Gasteiger partial charge in [0.25, 0.3) is 0 Å². The molecule has 7 heteroatoms. The summed E-state index contributed by atoms with van der Waals surface area (Å²) in [5.74, 6) is 0.255. The molecule has 0 saturated carbocycles. The highest BCUT2D eigenvalue weighted by Crippen LogP contribution is 2.34. The van der Waals surface area contributed by atoms with Gasteiger partial charge in [0.2, 0.25) is 5.82 Å².